The van der Waals surface area contributed by atoms with Crippen molar-refractivity contribution < 1.29 is 38.8 Å². The highest BCUT2D eigenvalue weighted by Crippen LogP contribution is 2.26. The second kappa shape index (κ2) is 21.5. The molecule has 0 aliphatic carbocycles. The monoisotopic (exact) mass is 624 g/mol. The Bertz CT molecular complexity index is 879. The molecule has 0 aromatic carbocycles. The van der Waals surface area contributed by atoms with Gasteiger partial charge in [-0.2, -0.15) is 0 Å². The standard InChI is InChI=1S/C36H64O8/c1-24(2)13-9-15-26(5)17-11-19-28(7)21-31(37)42-23-30(35-33(39)34(40)36(41)44-35)43-32(38)22-29(8)20-12-18-27(6)16-10-14-25(3)4/h24-30,35,39-40H,9-23H2,1-8H3. The summed E-state index contributed by atoms with van der Waals surface area (Å²) in [4.78, 5) is 37.3. The average Bonchev–Trinajstić information content (AvgIpc) is 3.17. The van der Waals surface area contributed by atoms with Gasteiger partial charge in [0.25, 0.3) is 0 Å². The third kappa shape index (κ3) is 17.3. The number of carbonyl (C=O) groups is 3. The summed E-state index contributed by atoms with van der Waals surface area (Å²) in [5.41, 5.74) is 0. The van der Waals surface area contributed by atoms with Crippen LogP contribution < -0.4 is 0 Å². The van der Waals surface area contributed by atoms with E-state index in [1.54, 1.807) is 0 Å². The predicted octanol–water partition coefficient (Wildman–Crippen LogP) is 9.01. The van der Waals surface area contributed by atoms with Gasteiger partial charge in [-0.3, -0.25) is 9.59 Å². The molecule has 0 saturated heterocycles. The molecule has 6 unspecified atom stereocenters. The number of carbonyl (C=O) groups excluding carboxylic acids is 3. The molecule has 6 atom stereocenters. The quantitative estimate of drug-likeness (QED) is 0.0806. The second-order valence-corrected chi connectivity index (χ2v) is 14.6. The number of esters is 3. The average molecular weight is 625 g/mol. The first-order valence-electron chi connectivity index (χ1n) is 17.4. The Morgan fingerprint density at radius 3 is 1.48 bits per heavy atom. The first kappa shape index (κ1) is 39.8. The SMILES string of the molecule is CC(C)CCCC(C)CCCC(C)CC(=O)OCC(OC(=O)CC(C)CCCC(C)CCCC(C)C)C1OC(=O)C(O)=C1O. The number of aliphatic hydroxyl groups excluding tert-OH is 2. The lowest BCUT2D eigenvalue weighted by Crippen LogP contribution is -2.38. The zero-order chi connectivity index (χ0) is 33.2. The van der Waals surface area contributed by atoms with Gasteiger partial charge in [-0.25, -0.2) is 4.79 Å². The van der Waals surface area contributed by atoms with Crippen LogP contribution in [0.5, 0.6) is 0 Å². The molecule has 1 rings (SSSR count). The maximum atomic E-state index is 12.8. The minimum absolute atomic E-state index is 0.0796. The van der Waals surface area contributed by atoms with E-state index in [0.717, 1.165) is 50.4 Å². The third-order valence-corrected chi connectivity index (χ3v) is 8.74. The number of ether oxygens (including phenoxy) is 3. The van der Waals surface area contributed by atoms with E-state index >= 15 is 0 Å². The van der Waals surface area contributed by atoms with Crippen molar-refractivity contribution in [1.82, 2.24) is 0 Å². The Kier molecular flexibility index (Phi) is 19.4. The Balaban J connectivity index is 2.53. The maximum absolute atomic E-state index is 12.8. The van der Waals surface area contributed by atoms with Crippen molar-refractivity contribution >= 4 is 17.9 Å². The van der Waals surface area contributed by atoms with E-state index in [4.69, 9.17) is 14.2 Å². The van der Waals surface area contributed by atoms with Crippen LogP contribution in [-0.4, -0.2) is 46.9 Å². The van der Waals surface area contributed by atoms with Gasteiger partial charge < -0.3 is 24.4 Å². The molecular weight excluding hydrogens is 560 g/mol. The van der Waals surface area contributed by atoms with Gasteiger partial charge in [-0.15, -0.1) is 0 Å². The van der Waals surface area contributed by atoms with Gasteiger partial charge in [-0.05, 0) is 35.5 Å². The van der Waals surface area contributed by atoms with Gasteiger partial charge >= 0.3 is 17.9 Å². The van der Waals surface area contributed by atoms with Crippen LogP contribution >= 0.6 is 0 Å². The smallest absolute Gasteiger partial charge is 0.378 e. The van der Waals surface area contributed by atoms with Crippen molar-refractivity contribution in [2.45, 2.75) is 157 Å². The second-order valence-electron chi connectivity index (χ2n) is 14.6. The Morgan fingerprint density at radius 2 is 1.07 bits per heavy atom. The lowest BCUT2D eigenvalue weighted by Gasteiger charge is -2.24. The number of hydrogen-bond acceptors (Lipinski definition) is 8. The molecule has 44 heavy (non-hydrogen) atoms. The molecule has 0 amide bonds. The summed E-state index contributed by atoms with van der Waals surface area (Å²) in [5.74, 6) is -0.746. The normalized spacial score (nSPS) is 18.7. The van der Waals surface area contributed by atoms with Crippen molar-refractivity contribution in [2.75, 3.05) is 6.61 Å². The van der Waals surface area contributed by atoms with Gasteiger partial charge in [0, 0.05) is 12.8 Å². The van der Waals surface area contributed by atoms with Gasteiger partial charge in [0.15, 0.2) is 11.9 Å². The molecule has 0 bridgehead atoms. The lowest BCUT2D eigenvalue weighted by molar-refractivity contribution is -0.171. The number of aliphatic hydroxyl groups is 2. The lowest BCUT2D eigenvalue weighted by atomic mass is 9.92. The van der Waals surface area contributed by atoms with Crippen LogP contribution in [-0.2, 0) is 28.6 Å². The van der Waals surface area contributed by atoms with Gasteiger partial charge in [0.1, 0.15) is 6.61 Å². The van der Waals surface area contributed by atoms with Crippen molar-refractivity contribution in [3.63, 3.8) is 0 Å². The van der Waals surface area contributed by atoms with E-state index in [9.17, 15) is 24.6 Å². The van der Waals surface area contributed by atoms with Crippen LogP contribution in [0.15, 0.2) is 11.5 Å². The van der Waals surface area contributed by atoms with Crippen LogP contribution in [0.25, 0.3) is 0 Å². The first-order valence-corrected chi connectivity index (χ1v) is 17.4. The van der Waals surface area contributed by atoms with E-state index in [1.807, 2.05) is 13.8 Å². The molecule has 0 aromatic rings. The van der Waals surface area contributed by atoms with Crippen molar-refractivity contribution in [2.24, 2.45) is 35.5 Å². The van der Waals surface area contributed by atoms with Crippen LogP contribution in [0.4, 0.5) is 0 Å². The minimum Gasteiger partial charge on any atom is -0.505 e. The number of rotatable bonds is 24. The molecule has 8 heteroatoms. The molecule has 1 aliphatic heterocycles. The maximum Gasteiger partial charge on any atom is 0.378 e. The summed E-state index contributed by atoms with van der Waals surface area (Å²) in [6.07, 6.45) is 11.2. The molecule has 0 fully saturated rings. The molecule has 2 N–H and O–H groups in total. The van der Waals surface area contributed by atoms with Gasteiger partial charge in [-0.1, -0.05) is 132 Å². The van der Waals surface area contributed by atoms with Crippen molar-refractivity contribution in [1.29, 1.82) is 0 Å². The highest BCUT2D eigenvalue weighted by Gasteiger charge is 2.42. The summed E-state index contributed by atoms with van der Waals surface area (Å²) in [6, 6.07) is 0. The Hall–Kier alpha value is -2.25. The first-order chi connectivity index (χ1) is 20.7. The fourth-order valence-corrected chi connectivity index (χ4v) is 5.79. The molecule has 0 spiro atoms. The van der Waals surface area contributed by atoms with E-state index in [1.165, 1.54) is 38.5 Å². The Morgan fingerprint density at radius 1 is 0.659 bits per heavy atom. The fraction of sp³-hybridized carbons (Fsp3) is 0.861. The summed E-state index contributed by atoms with van der Waals surface area (Å²) in [7, 11) is 0. The highest BCUT2D eigenvalue weighted by molar-refractivity contribution is 5.89. The molecule has 1 aliphatic rings. The predicted molar refractivity (Wildman–Crippen MR) is 174 cm³/mol. The molecule has 0 aromatic heterocycles. The van der Waals surface area contributed by atoms with Crippen molar-refractivity contribution in [3.8, 4) is 0 Å². The molecular formula is C36H64O8. The zero-order valence-electron chi connectivity index (χ0n) is 29.1. The Labute approximate surface area is 267 Å². The van der Waals surface area contributed by atoms with E-state index in [2.05, 4.69) is 41.5 Å². The summed E-state index contributed by atoms with van der Waals surface area (Å²) in [5, 5.41) is 20.0. The zero-order valence-corrected chi connectivity index (χ0v) is 29.1. The summed E-state index contributed by atoms with van der Waals surface area (Å²) < 4.78 is 16.0. The molecule has 1 heterocycles. The number of hydrogen-bond donors (Lipinski definition) is 2. The minimum atomic E-state index is -1.42. The largest absolute Gasteiger partial charge is 0.505 e. The van der Waals surface area contributed by atoms with Gasteiger partial charge in [0.05, 0.1) is 0 Å². The molecule has 8 nitrogen and oxygen atoms in total. The fourth-order valence-electron chi connectivity index (χ4n) is 5.79. The van der Waals surface area contributed by atoms with E-state index < -0.39 is 41.6 Å². The van der Waals surface area contributed by atoms with Crippen LogP contribution in [0, 0.1) is 35.5 Å². The van der Waals surface area contributed by atoms with Gasteiger partial charge in [0.2, 0.25) is 11.9 Å². The van der Waals surface area contributed by atoms with Crippen LogP contribution in [0.3, 0.4) is 0 Å². The summed E-state index contributed by atoms with van der Waals surface area (Å²) in [6.45, 7) is 17.2. The van der Waals surface area contributed by atoms with Crippen LogP contribution in [0.2, 0.25) is 0 Å². The van der Waals surface area contributed by atoms with E-state index in [0.29, 0.717) is 11.8 Å². The molecule has 256 valence electrons. The van der Waals surface area contributed by atoms with E-state index in [-0.39, 0.29) is 31.3 Å². The highest BCUT2D eigenvalue weighted by atomic mass is 16.6. The number of cyclic esters (lactones) is 1. The molecule has 0 saturated carbocycles. The van der Waals surface area contributed by atoms with Crippen molar-refractivity contribution in [3.05, 3.63) is 11.5 Å². The molecule has 0 radical (unpaired) electrons. The topological polar surface area (TPSA) is 119 Å². The van der Waals surface area contributed by atoms with Crippen LogP contribution in [0.1, 0.15) is 145 Å². The third-order valence-electron chi connectivity index (χ3n) is 8.74. The summed E-state index contributed by atoms with van der Waals surface area (Å²) >= 11 is 0.